The monoisotopic (exact) mass is 400 g/mol. The number of fused-ring (bicyclic) bond motifs is 1. The van der Waals surface area contributed by atoms with Gasteiger partial charge in [-0.15, -0.1) is 0 Å². The van der Waals surface area contributed by atoms with Gasteiger partial charge < -0.3 is 16.4 Å². The minimum absolute atomic E-state index is 0.257. The second kappa shape index (κ2) is 7.38. The smallest absolute Gasteiger partial charge is 0.225 e. The molecule has 1 fully saturated rings. The number of hydrogen-bond acceptors (Lipinski definition) is 7. The van der Waals surface area contributed by atoms with Crippen molar-refractivity contribution in [2.24, 2.45) is 12.8 Å². The van der Waals surface area contributed by atoms with Gasteiger partial charge in [-0.05, 0) is 37.1 Å². The molecule has 4 N–H and O–H groups in total. The largest absolute Gasteiger partial charge is 0.399 e. The van der Waals surface area contributed by atoms with E-state index in [9.17, 15) is 0 Å². The van der Waals surface area contributed by atoms with Crippen molar-refractivity contribution in [3.05, 3.63) is 48.8 Å². The van der Waals surface area contributed by atoms with Crippen molar-refractivity contribution in [1.29, 1.82) is 0 Å². The quantitative estimate of drug-likeness (QED) is 0.508. The predicted octanol–water partition coefficient (Wildman–Crippen LogP) is 2.60. The number of benzene rings is 1. The number of rotatable bonds is 3. The van der Waals surface area contributed by atoms with Crippen molar-refractivity contribution < 1.29 is 0 Å². The van der Waals surface area contributed by atoms with E-state index in [4.69, 9.17) is 21.4 Å². The molecule has 8 heteroatoms. The van der Waals surface area contributed by atoms with E-state index < -0.39 is 0 Å². The lowest BCUT2D eigenvalue weighted by Gasteiger charge is -2.30. The van der Waals surface area contributed by atoms with Crippen LogP contribution in [-0.2, 0) is 7.05 Å². The van der Waals surface area contributed by atoms with Crippen molar-refractivity contribution in [2.75, 3.05) is 23.7 Å². The van der Waals surface area contributed by atoms with Gasteiger partial charge in [0.2, 0.25) is 5.95 Å². The van der Waals surface area contributed by atoms with Crippen molar-refractivity contribution in [3.8, 4) is 22.5 Å². The molecule has 0 atom stereocenters. The van der Waals surface area contributed by atoms with Crippen LogP contribution in [0.3, 0.4) is 0 Å². The molecule has 0 saturated carbocycles. The number of nitrogen functional groups attached to an aromatic ring is 1. The topological polar surface area (TPSA) is 112 Å². The minimum atomic E-state index is 0.257. The molecule has 0 unspecified atom stereocenters. The number of hydrogen-bond donors (Lipinski definition) is 2. The predicted molar refractivity (Wildman–Crippen MR) is 119 cm³/mol. The highest BCUT2D eigenvalue weighted by Crippen LogP contribution is 2.32. The van der Waals surface area contributed by atoms with Gasteiger partial charge in [-0.3, -0.25) is 4.68 Å². The van der Waals surface area contributed by atoms with Crippen molar-refractivity contribution in [1.82, 2.24) is 24.7 Å². The Labute approximate surface area is 174 Å². The number of nitrogens with two attached hydrogens (primary N) is 2. The third-order valence-electron chi connectivity index (χ3n) is 5.66. The molecule has 8 nitrogen and oxygen atoms in total. The third-order valence-corrected chi connectivity index (χ3v) is 5.66. The highest BCUT2D eigenvalue weighted by atomic mass is 15.3. The summed E-state index contributed by atoms with van der Waals surface area (Å²) < 4.78 is 1.81. The van der Waals surface area contributed by atoms with E-state index in [2.05, 4.69) is 15.0 Å². The molecule has 30 heavy (non-hydrogen) atoms. The molecular formula is C22H24N8. The number of aromatic nitrogens is 5. The van der Waals surface area contributed by atoms with Gasteiger partial charge in [-0.1, -0.05) is 12.1 Å². The zero-order valence-electron chi connectivity index (χ0n) is 16.9. The standard InChI is InChI=1S/C22H24N8/c1-29-20-7-6-18(27-19(20)13-26-29)17-12-25-22(30-10-8-16(24)9-11-30)28-21(17)14-2-4-15(23)5-3-14/h2-7,12-13,16H,8-11,23-24H2,1H3. The van der Waals surface area contributed by atoms with Crippen LogP contribution >= 0.6 is 0 Å². The summed E-state index contributed by atoms with van der Waals surface area (Å²) in [7, 11) is 1.91. The van der Waals surface area contributed by atoms with Crippen LogP contribution in [0.25, 0.3) is 33.5 Å². The van der Waals surface area contributed by atoms with E-state index in [-0.39, 0.29) is 6.04 Å². The first kappa shape index (κ1) is 18.5. The van der Waals surface area contributed by atoms with E-state index >= 15 is 0 Å². The molecule has 1 aliphatic rings. The van der Waals surface area contributed by atoms with Gasteiger partial charge in [0.1, 0.15) is 5.52 Å². The first-order valence-corrected chi connectivity index (χ1v) is 10.1. The Morgan fingerprint density at radius 2 is 1.73 bits per heavy atom. The zero-order chi connectivity index (χ0) is 20.7. The summed E-state index contributed by atoms with van der Waals surface area (Å²) in [6.45, 7) is 1.73. The van der Waals surface area contributed by atoms with Crippen LogP contribution in [0.2, 0.25) is 0 Å². The molecule has 5 rings (SSSR count). The number of piperidine rings is 1. The normalized spacial score (nSPS) is 15.1. The van der Waals surface area contributed by atoms with Crippen LogP contribution in [-0.4, -0.2) is 43.9 Å². The zero-order valence-corrected chi connectivity index (χ0v) is 16.9. The summed E-state index contributed by atoms with van der Waals surface area (Å²) in [6, 6.07) is 12.0. The second-order valence-corrected chi connectivity index (χ2v) is 7.75. The second-order valence-electron chi connectivity index (χ2n) is 7.75. The third kappa shape index (κ3) is 3.35. The molecule has 1 aromatic carbocycles. The van der Waals surface area contributed by atoms with Gasteiger partial charge in [0.15, 0.2) is 0 Å². The molecule has 0 spiro atoms. The Balaban J connectivity index is 1.62. The Kier molecular flexibility index (Phi) is 4.55. The van der Waals surface area contributed by atoms with E-state index in [1.807, 2.05) is 54.3 Å². The molecule has 0 bridgehead atoms. The molecule has 0 aliphatic carbocycles. The summed E-state index contributed by atoms with van der Waals surface area (Å²) in [5.41, 5.74) is 18.0. The van der Waals surface area contributed by atoms with E-state index in [1.54, 1.807) is 6.20 Å². The Morgan fingerprint density at radius 3 is 2.50 bits per heavy atom. The Bertz CT molecular complexity index is 1190. The van der Waals surface area contributed by atoms with Gasteiger partial charge in [0.05, 0.1) is 23.1 Å². The molecule has 1 aliphatic heterocycles. The minimum Gasteiger partial charge on any atom is -0.399 e. The van der Waals surface area contributed by atoms with Crippen LogP contribution in [0.15, 0.2) is 48.8 Å². The van der Waals surface area contributed by atoms with E-state index in [1.165, 1.54) is 0 Å². The SMILES string of the molecule is Cn1ncc2nc(-c3cnc(N4CCC(N)CC4)nc3-c3ccc(N)cc3)ccc21. The fourth-order valence-corrected chi connectivity index (χ4v) is 3.86. The summed E-state index contributed by atoms with van der Waals surface area (Å²) in [5.74, 6) is 0.722. The van der Waals surface area contributed by atoms with Crippen molar-refractivity contribution >= 4 is 22.7 Å². The summed E-state index contributed by atoms with van der Waals surface area (Å²) in [5, 5.41) is 4.29. The maximum Gasteiger partial charge on any atom is 0.225 e. The maximum atomic E-state index is 6.06. The molecule has 0 radical (unpaired) electrons. The Hall–Kier alpha value is -3.52. The highest BCUT2D eigenvalue weighted by molar-refractivity contribution is 5.84. The van der Waals surface area contributed by atoms with Crippen LogP contribution in [0.4, 0.5) is 11.6 Å². The first-order valence-electron chi connectivity index (χ1n) is 10.1. The molecule has 1 saturated heterocycles. The fraction of sp³-hybridized carbons (Fsp3) is 0.273. The first-order chi connectivity index (χ1) is 14.6. The Morgan fingerprint density at radius 1 is 0.967 bits per heavy atom. The van der Waals surface area contributed by atoms with Crippen molar-refractivity contribution in [3.63, 3.8) is 0 Å². The molecular weight excluding hydrogens is 376 g/mol. The number of aryl methyl sites for hydroxylation is 1. The molecule has 3 aromatic heterocycles. The van der Waals surface area contributed by atoms with Crippen molar-refractivity contribution in [2.45, 2.75) is 18.9 Å². The molecule has 0 amide bonds. The lowest BCUT2D eigenvalue weighted by Crippen LogP contribution is -2.40. The van der Waals surface area contributed by atoms with Gasteiger partial charge in [0, 0.05) is 49.2 Å². The lowest BCUT2D eigenvalue weighted by molar-refractivity contribution is 0.495. The molecule has 4 aromatic rings. The fourth-order valence-electron chi connectivity index (χ4n) is 3.86. The highest BCUT2D eigenvalue weighted by Gasteiger charge is 2.21. The van der Waals surface area contributed by atoms with E-state index in [0.29, 0.717) is 0 Å². The number of anilines is 2. The summed E-state index contributed by atoms with van der Waals surface area (Å²) in [4.78, 5) is 16.6. The van der Waals surface area contributed by atoms with Gasteiger partial charge in [-0.2, -0.15) is 5.10 Å². The number of pyridine rings is 1. The average molecular weight is 400 g/mol. The van der Waals surface area contributed by atoms with E-state index in [0.717, 1.165) is 71.1 Å². The molecule has 4 heterocycles. The van der Waals surface area contributed by atoms with Gasteiger partial charge in [-0.25, -0.2) is 15.0 Å². The van der Waals surface area contributed by atoms with Gasteiger partial charge in [0.25, 0.3) is 0 Å². The summed E-state index contributed by atoms with van der Waals surface area (Å²) in [6.07, 6.45) is 5.53. The average Bonchev–Trinajstić information content (AvgIpc) is 3.14. The van der Waals surface area contributed by atoms with Crippen LogP contribution in [0.5, 0.6) is 0 Å². The lowest BCUT2D eigenvalue weighted by atomic mass is 10.0. The van der Waals surface area contributed by atoms with Crippen LogP contribution in [0.1, 0.15) is 12.8 Å². The number of nitrogens with zero attached hydrogens (tertiary/aromatic N) is 6. The molecule has 152 valence electrons. The maximum absolute atomic E-state index is 6.06. The summed E-state index contributed by atoms with van der Waals surface area (Å²) >= 11 is 0. The van der Waals surface area contributed by atoms with Crippen LogP contribution in [0, 0.1) is 0 Å². The van der Waals surface area contributed by atoms with Crippen LogP contribution < -0.4 is 16.4 Å². The van der Waals surface area contributed by atoms with Gasteiger partial charge >= 0.3 is 0 Å².